The molecule has 0 bridgehead atoms. The van der Waals surface area contributed by atoms with E-state index in [1.54, 1.807) is 6.92 Å². The summed E-state index contributed by atoms with van der Waals surface area (Å²) in [6.07, 6.45) is -4.67. The van der Waals surface area contributed by atoms with E-state index in [1.807, 2.05) is 0 Å². The van der Waals surface area contributed by atoms with Gasteiger partial charge in [0.05, 0.1) is 18.0 Å². The van der Waals surface area contributed by atoms with Crippen LogP contribution in [0.1, 0.15) is 6.92 Å². The molecule has 1 aromatic carbocycles. The van der Waals surface area contributed by atoms with Gasteiger partial charge in [-0.05, 0) is 6.92 Å². The van der Waals surface area contributed by atoms with Crippen LogP contribution in [0.15, 0.2) is 12.1 Å². The summed E-state index contributed by atoms with van der Waals surface area (Å²) in [7, 11) is 0. The number of nitrogens with one attached hydrogen (secondary N) is 1. The van der Waals surface area contributed by atoms with Crippen molar-refractivity contribution >= 4 is 11.4 Å². The van der Waals surface area contributed by atoms with E-state index in [0.29, 0.717) is 0 Å². The van der Waals surface area contributed by atoms with Gasteiger partial charge in [0.15, 0.2) is 11.6 Å². The summed E-state index contributed by atoms with van der Waals surface area (Å²) in [6.45, 7) is 1.56. The van der Waals surface area contributed by atoms with Crippen molar-refractivity contribution in [1.29, 1.82) is 0 Å². The van der Waals surface area contributed by atoms with E-state index in [2.05, 4.69) is 5.32 Å². The number of nitrogen functional groups attached to an aromatic ring is 1. The van der Waals surface area contributed by atoms with Gasteiger partial charge in [-0.15, -0.1) is 0 Å². The predicted octanol–water partition coefficient (Wildman–Crippen LogP) is 1.84. The second-order valence-electron chi connectivity index (χ2n) is 3.59. The molecule has 1 rings (SSSR count). The number of alkyl halides is 2. The lowest BCUT2D eigenvalue weighted by molar-refractivity contribution is 0.00385. The van der Waals surface area contributed by atoms with Crippen molar-refractivity contribution in [3.63, 3.8) is 0 Å². The average molecular weight is 264 g/mol. The van der Waals surface area contributed by atoms with E-state index in [1.165, 1.54) is 6.07 Å². The number of hydrogen-bond donors (Lipinski definition) is 3. The highest BCUT2D eigenvalue weighted by Gasteiger charge is 2.17. The van der Waals surface area contributed by atoms with Crippen LogP contribution >= 0.6 is 0 Å². The zero-order chi connectivity index (χ0) is 13.7. The summed E-state index contributed by atoms with van der Waals surface area (Å²) < 4.78 is 42.5. The van der Waals surface area contributed by atoms with Crippen molar-refractivity contribution in [3.05, 3.63) is 17.9 Å². The number of halogens is 3. The number of rotatable bonds is 6. The van der Waals surface area contributed by atoms with Crippen molar-refractivity contribution in [2.45, 2.75) is 19.5 Å². The Labute approximate surface area is 103 Å². The molecule has 0 amide bonds. The molecule has 1 aromatic rings. The van der Waals surface area contributed by atoms with E-state index in [4.69, 9.17) is 15.6 Å². The monoisotopic (exact) mass is 264 g/mol. The zero-order valence-electron chi connectivity index (χ0n) is 9.79. The largest absolute Gasteiger partial charge is 0.491 e. The van der Waals surface area contributed by atoms with Crippen LogP contribution in [0.3, 0.4) is 0 Å². The molecule has 0 fully saturated rings. The first-order valence-electron chi connectivity index (χ1n) is 5.37. The van der Waals surface area contributed by atoms with Gasteiger partial charge in [0.2, 0.25) is 0 Å². The molecule has 0 spiro atoms. The second kappa shape index (κ2) is 6.34. The van der Waals surface area contributed by atoms with Crippen LogP contribution in [0.5, 0.6) is 5.75 Å². The minimum atomic E-state index is -2.86. The van der Waals surface area contributed by atoms with Crippen molar-refractivity contribution in [3.8, 4) is 5.75 Å². The zero-order valence-corrected chi connectivity index (χ0v) is 9.79. The van der Waals surface area contributed by atoms with Gasteiger partial charge >= 0.3 is 0 Å². The van der Waals surface area contributed by atoms with Crippen LogP contribution in [0.2, 0.25) is 0 Å². The number of aliphatic hydroxyl groups excluding tert-OH is 1. The Bertz CT molecular complexity index is 402. The molecule has 0 radical (unpaired) electrons. The third-order valence-corrected chi connectivity index (χ3v) is 2.20. The lowest BCUT2D eigenvalue weighted by Gasteiger charge is -2.15. The molecule has 0 aliphatic rings. The summed E-state index contributed by atoms with van der Waals surface area (Å²) >= 11 is 0. The number of ether oxygens (including phenoxy) is 1. The van der Waals surface area contributed by atoms with Gasteiger partial charge in [0, 0.05) is 18.7 Å². The average Bonchev–Trinajstić information content (AvgIpc) is 2.30. The molecule has 4 nitrogen and oxygen atoms in total. The van der Waals surface area contributed by atoms with Crippen LogP contribution < -0.4 is 15.8 Å². The van der Waals surface area contributed by atoms with E-state index in [0.717, 1.165) is 6.07 Å². The molecule has 1 atom stereocenters. The quantitative estimate of drug-likeness (QED) is 0.686. The van der Waals surface area contributed by atoms with E-state index >= 15 is 0 Å². The lowest BCUT2D eigenvalue weighted by Crippen LogP contribution is -2.27. The van der Waals surface area contributed by atoms with Crippen molar-refractivity contribution in [2.24, 2.45) is 0 Å². The smallest absolute Gasteiger partial charge is 0.265 e. The first-order chi connectivity index (χ1) is 8.45. The molecule has 0 aliphatic heterocycles. The SMILES string of the molecule is CCOc1cc(NCC(O)C(F)F)c(N)cc1F. The van der Waals surface area contributed by atoms with Gasteiger partial charge in [-0.1, -0.05) is 0 Å². The Kier molecular flexibility index (Phi) is 5.08. The van der Waals surface area contributed by atoms with Gasteiger partial charge in [-0.3, -0.25) is 0 Å². The number of anilines is 2. The molecule has 0 heterocycles. The topological polar surface area (TPSA) is 67.5 Å². The summed E-state index contributed by atoms with van der Waals surface area (Å²) in [5, 5.41) is 11.5. The normalized spacial score (nSPS) is 12.6. The summed E-state index contributed by atoms with van der Waals surface area (Å²) in [5.41, 5.74) is 5.81. The Morgan fingerprint density at radius 1 is 1.44 bits per heavy atom. The second-order valence-corrected chi connectivity index (χ2v) is 3.59. The summed E-state index contributed by atoms with van der Waals surface area (Å²) in [6, 6.07) is 2.30. The standard InChI is InChI=1S/C11H15F3N2O2/c1-2-18-10-4-8(7(15)3-6(10)12)16-5-9(17)11(13)14/h3-4,9,11,16-17H,2,5,15H2,1H3. The van der Waals surface area contributed by atoms with Gasteiger partial charge in [0.25, 0.3) is 6.43 Å². The lowest BCUT2D eigenvalue weighted by atomic mass is 10.2. The maximum atomic E-state index is 13.3. The Balaban J connectivity index is 2.78. The van der Waals surface area contributed by atoms with Crippen molar-refractivity contribution in [1.82, 2.24) is 0 Å². The van der Waals surface area contributed by atoms with Gasteiger partial charge in [0.1, 0.15) is 6.10 Å². The molecule has 0 saturated carbocycles. The number of aliphatic hydroxyl groups is 1. The molecule has 0 aromatic heterocycles. The molecule has 18 heavy (non-hydrogen) atoms. The molecular weight excluding hydrogens is 249 g/mol. The third kappa shape index (κ3) is 3.69. The minimum Gasteiger partial charge on any atom is -0.491 e. The van der Waals surface area contributed by atoms with Crippen molar-refractivity contribution in [2.75, 3.05) is 24.2 Å². The highest BCUT2D eigenvalue weighted by atomic mass is 19.3. The fraction of sp³-hybridized carbons (Fsp3) is 0.455. The maximum Gasteiger partial charge on any atom is 0.265 e. The van der Waals surface area contributed by atoms with Crippen molar-refractivity contribution < 1.29 is 23.0 Å². The fourth-order valence-electron chi connectivity index (χ4n) is 1.29. The first-order valence-corrected chi connectivity index (χ1v) is 5.37. The molecule has 0 aliphatic carbocycles. The van der Waals surface area contributed by atoms with Gasteiger partial charge in [-0.2, -0.15) is 0 Å². The van der Waals surface area contributed by atoms with E-state index < -0.39 is 18.3 Å². The highest BCUT2D eigenvalue weighted by Crippen LogP contribution is 2.28. The number of hydrogen-bond acceptors (Lipinski definition) is 4. The van der Waals surface area contributed by atoms with Crippen LogP contribution in [0.4, 0.5) is 24.5 Å². The molecule has 0 saturated heterocycles. The molecular formula is C11H15F3N2O2. The Hall–Kier alpha value is -1.63. The predicted molar refractivity (Wildman–Crippen MR) is 62.5 cm³/mol. The Morgan fingerprint density at radius 3 is 2.67 bits per heavy atom. The Morgan fingerprint density at radius 2 is 2.11 bits per heavy atom. The molecule has 1 unspecified atom stereocenters. The summed E-state index contributed by atoms with van der Waals surface area (Å²) in [5.74, 6) is -0.657. The van der Waals surface area contributed by atoms with Crippen LogP contribution in [0.25, 0.3) is 0 Å². The van der Waals surface area contributed by atoms with Gasteiger partial charge in [-0.25, -0.2) is 13.2 Å². The number of nitrogens with two attached hydrogens (primary N) is 1. The highest BCUT2D eigenvalue weighted by molar-refractivity contribution is 5.68. The first kappa shape index (κ1) is 14.4. The molecule has 7 heteroatoms. The minimum absolute atomic E-state index is 0.0271. The fourth-order valence-corrected chi connectivity index (χ4v) is 1.29. The van der Waals surface area contributed by atoms with Gasteiger partial charge < -0.3 is 20.9 Å². The van der Waals surface area contributed by atoms with Crippen LogP contribution in [0, 0.1) is 5.82 Å². The number of benzene rings is 1. The summed E-state index contributed by atoms with van der Waals surface area (Å²) in [4.78, 5) is 0. The third-order valence-electron chi connectivity index (χ3n) is 2.20. The molecule has 4 N–H and O–H groups in total. The molecule has 102 valence electrons. The van der Waals surface area contributed by atoms with E-state index in [-0.39, 0.29) is 30.3 Å². The van der Waals surface area contributed by atoms with Crippen LogP contribution in [-0.2, 0) is 0 Å². The van der Waals surface area contributed by atoms with Crippen LogP contribution in [-0.4, -0.2) is 30.8 Å². The van der Waals surface area contributed by atoms with E-state index in [9.17, 15) is 13.2 Å². The maximum absolute atomic E-state index is 13.3.